The maximum absolute atomic E-state index is 13.0. The van der Waals surface area contributed by atoms with E-state index in [2.05, 4.69) is 14.5 Å². The molecule has 0 saturated carbocycles. The molecule has 0 radical (unpaired) electrons. The standard InChI is InChI=1S/C24H23N5O2/c1-17-26-22-5-3-2-4-21(22)24(31)29(17)20-8-6-18(7-9-20)23(30)27-13-10-19(11-14-27)28-15-12-25-16-28/h2-9,12,15-16,19H,10-11,13-14H2,1H3. The highest BCUT2D eigenvalue weighted by Gasteiger charge is 2.24. The fraction of sp³-hybridized carbons (Fsp3) is 0.250. The molecule has 7 nitrogen and oxygen atoms in total. The summed E-state index contributed by atoms with van der Waals surface area (Å²) in [5.74, 6) is 0.640. The monoisotopic (exact) mass is 413 g/mol. The number of hydrogen-bond donors (Lipinski definition) is 0. The number of rotatable bonds is 3. The van der Waals surface area contributed by atoms with E-state index in [1.54, 1.807) is 29.0 Å². The number of likely N-dealkylation sites (tertiary alicyclic amines) is 1. The van der Waals surface area contributed by atoms with Gasteiger partial charge in [-0.1, -0.05) is 12.1 Å². The maximum Gasteiger partial charge on any atom is 0.265 e. The Kier molecular flexibility index (Phi) is 4.86. The molecule has 7 heteroatoms. The van der Waals surface area contributed by atoms with E-state index >= 15 is 0 Å². The van der Waals surface area contributed by atoms with Crippen LogP contribution in [0, 0.1) is 6.92 Å². The van der Waals surface area contributed by atoms with Crippen LogP contribution in [0.15, 0.2) is 72.0 Å². The summed E-state index contributed by atoms with van der Waals surface area (Å²) in [6.07, 6.45) is 7.44. The summed E-state index contributed by atoms with van der Waals surface area (Å²) in [5, 5.41) is 0.578. The number of amides is 1. The first kappa shape index (κ1) is 19.2. The number of aryl methyl sites for hydroxylation is 1. The molecule has 4 aromatic rings. The van der Waals surface area contributed by atoms with Gasteiger partial charge in [-0.3, -0.25) is 14.2 Å². The predicted octanol–water partition coefficient (Wildman–Crippen LogP) is 3.37. The van der Waals surface area contributed by atoms with E-state index in [0.717, 1.165) is 25.9 Å². The zero-order valence-electron chi connectivity index (χ0n) is 17.3. The Labute approximate surface area is 179 Å². The summed E-state index contributed by atoms with van der Waals surface area (Å²) in [4.78, 5) is 36.5. The Hall–Kier alpha value is -3.74. The summed E-state index contributed by atoms with van der Waals surface area (Å²) in [5.41, 5.74) is 1.91. The molecule has 0 unspecified atom stereocenters. The van der Waals surface area contributed by atoms with Gasteiger partial charge in [-0.2, -0.15) is 0 Å². The second-order valence-corrected chi connectivity index (χ2v) is 7.90. The lowest BCUT2D eigenvalue weighted by molar-refractivity contribution is 0.0694. The molecule has 5 rings (SSSR count). The van der Waals surface area contributed by atoms with Gasteiger partial charge in [0.05, 0.1) is 22.9 Å². The average Bonchev–Trinajstić information content (AvgIpc) is 3.34. The van der Waals surface area contributed by atoms with Crippen molar-refractivity contribution >= 4 is 16.8 Å². The number of benzene rings is 2. The summed E-state index contributed by atoms with van der Waals surface area (Å²) in [6, 6.07) is 14.9. The molecule has 1 amide bonds. The van der Waals surface area contributed by atoms with E-state index in [1.807, 2.05) is 54.7 Å². The van der Waals surface area contributed by atoms with Crippen molar-refractivity contribution in [3.63, 3.8) is 0 Å². The predicted molar refractivity (Wildman–Crippen MR) is 118 cm³/mol. The van der Waals surface area contributed by atoms with Gasteiger partial charge in [0.25, 0.3) is 11.5 Å². The Bertz CT molecular complexity index is 1280. The van der Waals surface area contributed by atoms with Gasteiger partial charge in [0.1, 0.15) is 5.82 Å². The van der Waals surface area contributed by atoms with E-state index in [4.69, 9.17) is 0 Å². The molecule has 3 heterocycles. The van der Waals surface area contributed by atoms with Crippen molar-refractivity contribution in [3.8, 4) is 5.69 Å². The minimum absolute atomic E-state index is 0.0244. The fourth-order valence-corrected chi connectivity index (χ4v) is 4.34. The third-order valence-electron chi connectivity index (χ3n) is 6.01. The van der Waals surface area contributed by atoms with Crippen molar-refractivity contribution in [3.05, 3.63) is 89.0 Å². The molecule has 1 saturated heterocycles. The molecule has 1 aliphatic heterocycles. The highest BCUT2D eigenvalue weighted by molar-refractivity contribution is 5.94. The summed E-state index contributed by atoms with van der Waals surface area (Å²) in [7, 11) is 0. The van der Waals surface area contributed by atoms with Crippen LogP contribution in [-0.4, -0.2) is 43.0 Å². The highest BCUT2D eigenvalue weighted by Crippen LogP contribution is 2.23. The van der Waals surface area contributed by atoms with E-state index < -0.39 is 0 Å². The lowest BCUT2D eigenvalue weighted by Gasteiger charge is -2.32. The van der Waals surface area contributed by atoms with Gasteiger partial charge in [0.15, 0.2) is 0 Å². The van der Waals surface area contributed by atoms with E-state index in [9.17, 15) is 9.59 Å². The number of hydrogen-bond acceptors (Lipinski definition) is 4. The zero-order valence-corrected chi connectivity index (χ0v) is 17.3. The van der Waals surface area contributed by atoms with Crippen LogP contribution >= 0.6 is 0 Å². The van der Waals surface area contributed by atoms with Crippen LogP contribution in [-0.2, 0) is 0 Å². The van der Waals surface area contributed by atoms with Gasteiger partial charge in [-0.05, 0) is 56.2 Å². The first-order valence-corrected chi connectivity index (χ1v) is 10.5. The number of para-hydroxylation sites is 1. The second-order valence-electron chi connectivity index (χ2n) is 7.90. The van der Waals surface area contributed by atoms with Crippen LogP contribution in [0.2, 0.25) is 0 Å². The number of piperidine rings is 1. The van der Waals surface area contributed by atoms with Crippen LogP contribution in [0.25, 0.3) is 16.6 Å². The van der Waals surface area contributed by atoms with Crippen LogP contribution in [0.1, 0.15) is 35.1 Å². The minimum atomic E-state index is -0.108. The summed E-state index contributed by atoms with van der Waals surface area (Å²) >= 11 is 0. The molecule has 0 spiro atoms. The number of aromatic nitrogens is 4. The molecular formula is C24H23N5O2. The van der Waals surface area contributed by atoms with Crippen molar-refractivity contribution in [1.29, 1.82) is 0 Å². The molecule has 2 aromatic heterocycles. The molecular weight excluding hydrogens is 390 g/mol. The van der Waals surface area contributed by atoms with Crippen molar-refractivity contribution in [2.45, 2.75) is 25.8 Å². The number of nitrogens with zero attached hydrogens (tertiary/aromatic N) is 5. The quantitative estimate of drug-likeness (QED) is 0.516. The third kappa shape index (κ3) is 3.52. The fourth-order valence-electron chi connectivity index (χ4n) is 4.34. The Morgan fingerprint density at radius 3 is 2.48 bits per heavy atom. The van der Waals surface area contributed by atoms with E-state index in [-0.39, 0.29) is 11.5 Å². The van der Waals surface area contributed by atoms with Gasteiger partial charge < -0.3 is 9.47 Å². The topological polar surface area (TPSA) is 73.0 Å². The van der Waals surface area contributed by atoms with Gasteiger partial charge in [0, 0.05) is 37.1 Å². The minimum Gasteiger partial charge on any atom is -0.338 e. The van der Waals surface area contributed by atoms with Gasteiger partial charge in [-0.15, -0.1) is 0 Å². The van der Waals surface area contributed by atoms with Crippen molar-refractivity contribution < 1.29 is 4.79 Å². The van der Waals surface area contributed by atoms with E-state index in [1.165, 1.54) is 0 Å². The number of carbonyl (C=O) groups is 1. The first-order valence-electron chi connectivity index (χ1n) is 10.5. The van der Waals surface area contributed by atoms with Crippen molar-refractivity contribution in [2.75, 3.05) is 13.1 Å². The number of fused-ring (bicyclic) bond motifs is 1. The summed E-state index contributed by atoms with van der Waals surface area (Å²) < 4.78 is 3.71. The lowest BCUT2D eigenvalue weighted by Crippen LogP contribution is -2.38. The largest absolute Gasteiger partial charge is 0.338 e. The molecule has 2 aromatic carbocycles. The number of imidazole rings is 1. The normalized spacial score (nSPS) is 14.8. The highest BCUT2D eigenvalue weighted by atomic mass is 16.2. The van der Waals surface area contributed by atoms with Crippen molar-refractivity contribution in [1.82, 2.24) is 24.0 Å². The smallest absolute Gasteiger partial charge is 0.265 e. The molecule has 0 atom stereocenters. The number of carbonyl (C=O) groups excluding carboxylic acids is 1. The Morgan fingerprint density at radius 2 is 1.77 bits per heavy atom. The van der Waals surface area contributed by atoms with Crippen LogP contribution < -0.4 is 5.56 Å². The molecule has 1 aliphatic rings. The molecule has 0 bridgehead atoms. The zero-order chi connectivity index (χ0) is 21.4. The van der Waals surface area contributed by atoms with E-state index in [0.29, 0.717) is 34.0 Å². The SMILES string of the molecule is Cc1nc2ccccc2c(=O)n1-c1ccc(C(=O)N2CCC(n3ccnc3)CC2)cc1. The van der Waals surface area contributed by atoms with Crippen LogP contribution in [0.4, 0.5) is 0 Å². The second kappa shape index (κ2) is 7.83. The Balaban J connectivity index is 1.35. The van der Waals surface area contributed by atoms with Gasteiger partial charge in [-0.25, -0.2) is 9.97 Å². The average molecular weight is 413 g/mol. The van der Waals surface area contributed by atoms with Gasteiger partial charge >= 0.3 is 0 Å². The van der Waals surface area contributed by atoms with Crippen LogP contribution in [0.5, 0.6) is 0 Å². The van der Waals surface area contributed by atoms with Crippen LogP contribution in [0.3, 0.4) is 0 Å². The Morgan fingerprint density at radius 1 is 1.03 bits per heavy atom. The summed E-state index contributed by atoms with van der Waals surface area (Å²) in [6.45, 7) is 3.25. The van der Waals surface area contributed by atoms with Crippen molar-refractivity contribution in [2.24, 2.45) is 0 Å². The third-order valence-corrected chi connectivity index (χ3v) is 6.01. The molecule has 0 N–H and O–H groups in total. The van der Waals surface area contributed by atoms with Gasteiger partial charge in [0.2, 0.25) is 0 Å². The lowest BCUT2D eigenvalue weighted by atomic mass is 10.0. The first-order chi connectivity index (χ1) is 15.1. The molecule has 31 heavy (non-hydrogen) atoms. The molecule has 1 fully saturated rings. The molecule has 156 valence electrons. The molecule has 0 aliphatic carbocycles. The maximum atomic E-state index is 13.0.